The molecule has 1 aromatic heterocycles. The molecule has 0 saturated heterocycles. The maximum atomic E-state index is 12.4. The van der Waals surface area contributed by atoms with Crippen LogP contribution >= 0.6 is 11.3 Å². The summed E-state index contributed by atoms with van der Waals surface area (Å²) in [5, 5.41) is 22.5. The van der Waals surface area contributed by atoms with Crippen molar-refractivity contribution in [1.29, 1.82) is 0 Å². The summed E-state index contributed by atoms with van der Waals surface area (Å²) >= 11 is 1.28. The van der Waals surface area contributed by atoms with Crippen LogP contribution < -0.4 is 10.2 Å². The summed E-state index contributed by atoms with van der Waals surface area (Å²) in [6.45, 7) is 1.94. The summed E-state index contributed by atoms with van der Waals surface area (Å²) < 4.78 is 0. The third-order valence-electron chi connectivity index (χ3n) is 2.91. The maximum absolute atomic E-state index is 12.4. The highest BCUT2D eigenvalue weighted by molar-refractivity contribution is 7.15. The van der Waals surface area contributed by atoms with Crippen LogP contribution in [0.4, 0.5) is 16.5 Å². The smallest absolute Gasteiger partial charge is 0.270 e. The predicted octanol–water partition coefficient (Wildman–Crippen LogP) is 2.33. The van der Waals surface area contributed by atoms with E-state index in [1.807, 2.05) is 6.92 Å². The first kappa shape index (κ1) is 15.8. The molecule has 0 fully saturated rings. The average Bonchev–Trinajstić information content (AvgIpc) is 2.94. The normalized spacial score (nSPS) is 10.3. The number of carbonyl (C=O) groups excluding carboxylic acids is 1. The minimum Gasteiger partial charge on any atom is -0.377 e. The van der Waals surface area contributed by atoms with Crippen molar-refractivity contribution in [3.05, 3.63) is 38.9 Å². The van der Waals surface area contributed by atoms with Crippen molar-refractivity contribution in [2.75, 3.05) is 24.3 Å². The van der Waals surface area contributed by atoms with E-state index in [-0.39, 0.29) is 11.3 Å². The monoisotopic (exact) mass is 321 g/mol. The number of nitrogens with zero attached hydrogens (tertiary/aromatic N) is 4. The van der Waals surface area contributed by atoms with Gasteiger partial charge in [0, 0.05) is 31.9 Å². The average molecular weight is 321 g/mol. The van der Waals surface area contributed by atoms with Crippen LogP contribution in [-0.2, 0) is 6.42 Å². The fourth-order valence-electron chi connectivity index (χ4n) is 1.82. The molecule has 0 aliphatic heterocycles. The van der Waals surface area contributed by atoms with Crippen molar-refractivity contribution in [2.24, 2.45) is 0 Å². The number of hydrogen-bond acceptors (Lipinski definition) is 7. The third kappa shape index (κ3) is 3.37. The number of non-ortho nitro benzene ring substituents is 1. The van der Waals surface area contributed by atoms with Crippen molar-refractivity contribution in [3.8, 4) is 0 Å². The second-order valence-corrected chi connectivity index (χ2v) is 5.72. The zero-order valence-electron chi connectivity index (χ0n) is 12.4. The summed E-state index contributed by atoms with van der Waals surface area (Å²) in [7, 11) is 3.52. The number of rotatable bonds is 5. The van der Waals surface area contributed by atoms with Crippen molar-refractivity contribution >= 4 is 33.8 Å². The zero-order valence-corrected chi connectivity index (χ0v) is 13.2. The van der Waals surface area contributed by atoms with Crippen LogP contribution in [0.5, 0.6) is 0 Å². The lowest BCUT2D eigenvalue weighted by atomic mass is 10.1. The molecule has 0 radical (unpaired) electrons. The van der Waals surface area contributed by atoms with Gasteiger partial charge in [-0.1, -0.05) is 18.3 Å². The van der Waals surface area contributed by atoms with Gasteiger partial charge in [0.25, 0.3) is 11.6 Å². The van der Waals surface area contributed by atoms with E-state index in [2.05, 4.69) is 15.5 Å². The molecule has 0 spiro atoms. The number of amides is 1. The second kappa shape index (κ2) is 6.48. The molecule has 8 nitrogen and oxygen atoms in total. The molecule has 1 heterocycles. The fourth-order valence-corrected chi connectivity index (χ4v) is 2.50. The number of nitro groups is 1. The van der Waals surface area contributed by atoms with E-state index in [0.29, 0.717) is 10.8 Å². The maximum Gasteiger partial charge on any atom is 0.270 e. The van der Waals surface area contributed by atoms with E-state index in [0.717, 1.165) is 11.4 Å². The quantitative estimate of drug-likeness (QED) is 0.670. The van der Waals surface area contributed by atoms with Crippen molar-refractivity contribution < 1.29 is 9.72 Å². The van der Waals surface area contributed by atoms with Gasteiger partial charge in [0.15, 0.2) is 0 Å². The minimum absolute atomic E-state index is 0.137. The van der Waals surface area contributed by atoms with Crippen molar-refractivity contribution in [1.82, 2.24) is 10.2 Å². The third-order valence-corrected chi connectivity index (χ3v) is 3.89. The van der Waals surface area contributed by atoms with Gasteiger partial charge in [-0.05, 0) is 12.5 Å². The van der Waals surface area contributed by atoms with Crippen LogP contribution in [0.3, 0.4) is 0 Å². The minimum atomic E-state index is -0.531. The van der Waals surface area contributed by atoms with Crippen LogP contribution in [-0.4, -0.2) is 35.1 Å². The highest BCUT2D eigenvalue weighted by atomic mass is 32.1. The number of anilines is 2. The zero-order chi connectivity index (χ0) is 16.3. The molecule has 9 heteroatoms. The Morgan fingerprint density at radius 1 is 1.41 bits per heavy atom. The number of aryl methyl sites for hydroxylation is 1. The Morgan fingerprint density at radius 2 is 2.14 bits per heavy atom. The topological polar surface area (TPSA) is 101 Å². The summed E-state index contributed by atoms with van der Waals surface area (Å²) in [5.41, 5.74) is 0.665. The molecular weight excluding hydrogens is 306 g/mol. The van der Waals surface area contributed by atoms with E-state index in [1.54, 1.807) is 25.1 Å². The summed E-state index contributed by atoms with van der Waals surface area (Å²) in [6, 6.07) is 4.17. The Kier molecular flexibility index (Phi) is 4.66. The van der Waals surface area contributed by atoms with E-state index in [9.17, 15) is 14.9 Å². The van der Waals surface area contributed by atoms with Gasteiger partial charge in [0.05, 0.1) is 10.5 Å². The van der Waals surface area contributed by atoms with Gasteiger partial charge in [0.2, 0.25) is 5.13 Å². The van der Waals surface area contributed by atoms with Gasteiger partial charge in [0.1, 0.15) is 5.01 Å². The number of carbonyl (C=O) groups is 1. The van der Waals surface area contributed by atoms with Crippen LogP contribution in [0.1, 0.15) is 22.3 Å². The molecule has 0 saturated carbocycles. The number of nitrogens with one attached hydrogen (secondary N) is 1. The van der Waals surface area contributed by atoms with Crippen LogP contribution in [0.2, 0.25) is 0 Å². The first-order chi connectivity index (χ1) is 10.4. The summed E-state index contributed by atoms with van der Waals surface area (Å²) in [4.78, 5) is 24.5. The first-order valence-corrected chi connectivity index (χ1v) is 7.33. The molecule has 1 aromatic carbocycles. The molecule has 0 unspecified atom stereocenters. The lowest BCUT2D eigenvalue weighted by molar-refractivity contribution is -0.384. The molecular formula is C13H15N5O3S. The van der Waals surface area contributed by atoms with Gasteiger partial charge in [-0.3, -0.25) is 20.2 Å². The largest absolute Gasteiger partial charge is 0.377 e. The van der Waals surface area contributed by atoms with E-state index < -0.39 is 10.8 Å². The Hall–Kier alpha value is -2.55. The molecule has 0 aliphatic carbocycles. The standard InChI is InChI=1S/C13H15N5O3S/c1-4-11-15-16-13(22-11)14-12(19)9-7-8(18(20)21)5-6-10(9)17(2)3/h5-7H,4H2,1-3H3,(H,14,16,19). The second-order valence-electron chi connectivity index (χ2n) is 4.66. The van der Waals surface area contributed by atoms with Crippen LogP contribution in [0, 0.1) is 10.1 Å². The van der Waals surface area contributed by atoms with Gasteiger partial charge >= 0.3 is 0 Å². The summed E-state index contributed by atoms with van der Waals surface area (Å²) in [6.07, 6.45) is 0.729. The lowest BCUT2D eigenvalue weighted by Gasteiger charge is -2.16. The summed E-state index contributed by atoms with van der Waals surface area (Å²) in [5.74, 6) is -0.453. The lowest BCUT2D eigenvalue weighted by Crippen LogP contribution is -2.18. The van der Waals surface area contributed by atoms with Crippen molar-refractivity contribution in [2.45, 2.75) is 13.3 Å². The number of aromatic nitrogens is 2. The Balaban J connectivity index is 2.33. The number of hydrogen-bond donors (Lipinski definition) is 1. The number of nitro benzene ring substituents is 1. The van der Waals surface area contributed by atoms with Gasteiger partial charge < -0.3 is 4.90 Å². The van der Waals surface area contributed by atoms with Crippen molar-refractivity contribution in [3.63, 3.8) is 0 Å². The van der Waals surface area contributed by atoms with E-state index in [1.165, 1.54) is 23.5 Å². The Labute approximate surface area is 130 Å². The van der Waals surface area contributed by atoms with E-state index >= 15 is 0 Å². The highest BCUT2D eigenvalue weighted by Crippen LogP contribution is 2.25. The molecule has 0 aliphatic rings. The molecule has 1 amide bonds. The fraction of sp³-hybridized carbons (Fsp3) is 0.308. The number of benzene rings is 1. The van der Waals surface area contributed by atoms with Crippen LogP contribution in [0.25, 0.3) is 0 Å². The molecule has 0 atom stereocenters. The highest BCUT2D eigenvalue weighted by Gasteiger charge is 2.19. The molecule has 2 rings (SSSR count). The van der Waals surface area contributed by atoms with Gasteiger partial charge in [-0.15, -0.1) is 10.2 Å². The molecule has 2 aromatic rings. The van der Waals surface area contributed by atoms with Gasteiger partial charge in [-0.2, -0.15) is 0 Å². The molecule has 1 N–H and O–H groups in total. The van der Waals surface area contributed by atoms with Crippen LogP contribution in [0.15, 0.2) is 18.2 Å². The molecule has 116 valence electrons. The SMILES string of the molecule is CCc1nnc(NC(=O)c2cc([N+](=O)[O-])ccc2N(C)C)s1. The van der Waals surface area contributed by atoms with E-state index in [4.69, 9.17) is 0 Å². The molecule has 0 bridgehead atoms. The van der Waals surface area contributed by atoms with Gasteiger partial charge in [-0.25, -0.2) is 0 Å². The Morgan fingerprint density at radius 3 is 2.68 bits per heavy atom. The Bertz CT molecular complexity index is 713. The predicted molar refractivity (Wildman–Crippen MR) is 84.7 cm³/mol. The first-order valence-electron chi connectivity index (χ1n) is 6.52. The molecule has 22 heavy (non-hydrogen) atoms.